The van der Waals surface area contributed by atoms with Gasteiger partial charge in [0.15, 0.2) is 11.3 Å². The normalized spacial score (nSPS) is 20.9. The number of thioether (sulfide) groups is 1. The summed E-state index contributed by atoms with van der Waals surface area (Å²) in [6.07, 6.45) is 2.93. The lowest BCUT2D eigenvalue weighted by Crippen LogP contribution is -2.40. The average molecular weight is 358 g/mol. The summed E-state index contributed by atoms with van der Waals surface area (Å²) in [5.74, 6) is 0.537. The number of nitrogens with one attached hydrogen (secondary N) is 1. The van der Waals surface area contributed by atoms with Crippen LogP contribution in [0.1, 0.15) is 39.5 Å². The number of carboxylic acids is 1. The first kappa shape index (κ1) is 19.5. The van der Waals surface area contributed by atoms with E-state index in [4.69, 9.17) is 4.74 Å². The Morgan fingerprint density at radius 3 is 2.79 bits per heavy atom. The highest BCUT2D eigenvalue weighted by Gasteiger charge is 2.24. The predicted octanol–water partition coefficient (Wildman–Crippen LogP) is 2.05. The minimum absolute atomic E-state index is 0.494. The Morgan fingerprint density at radius 1 is 1.46 bits per heavy atom. The van der Waals surface area contributed by atoms with Gasteiger partial charge in [-0.25, -0.2) is 4.79 Å². The van der Waals surface area contributed by atoms with Crippen LogP contribution in [0, 0.1) is 5.92 Å². The molecule has 1 fully saturated rings. The van der Waals surface area contributed by atoms with E-state index in [9.17, 15) is 9.90 Å². The number of carbonyl (C=O) groups is 1. The molecular weight excluding hydrogens is 326 g/mol. The Hall–Kier alpha value is -0.790. The molecule has 2 aliphatic rings. The van der Waals surface area contributed by atoms with E-state index in [0.29, 0.717) is 25.0 Å². The molecule has 0 spiro atoms. The maximum atomic E-state index is 11.4. The quantitative estimate of drug-likeness (QED) is 0.615. The zero-order chi connectivity index (χ0) is 17.4. The van der Waals surface area contributed by atoms with Crippen LogP contribution in [0.2, 0.25) is 0 Å². The van der Waals surface area contributed by atoms with Crippen LogP contribution in [0.5, 0.6) is 0 Å². The van der Waals surface area contributed by atoms with Crippen molar-refractivity contribution in [3.63, 3.8) is 0 Å². The van der Waals surface area contributed by atoms with Crippen molar-refractivity contribution in [2.45, 2.75) is 51.7 Å². The van der Waals surface area contributed by atoms with Crippen LogP contribution < -0.4 is 5.32 Å². The van der Waals surface area contributed by atoms with Crippen molar-refractivity contribution in [3.05, 3.63) is 0 Å². The standard InChI is InChI=1S/C17H31N3O3S/c1-13(2)20-9-5-14(6-10-20)12-23-15(16(21)22)4-3-11-24-17-18-7-8-19-17/h13-15H,3-12H2,1-2H3,(H,18,19)(H,21,22). The first-order chi connectivity index (χ1) is 11.6. The van der Waals surface area contributed by atoms with Crippen molar-refractivity contribution in [1.82, 2.24) is 10.2 Å². The van der Waals surface area contributed by atoms with E-state index in [1.807, 2.05) is 0 Å². The van der Waals surface area contributed by atoms with Crippen molar-refractivity contribution < 1.29 is 14.6 Å². The second kappa shape index (κ2) is 10.3. The summed E-state index contributed by atoms with van der Waals surface area (Å²) >= 11 is 1.67. The molecule has 24 heavy (non-hydrogen) atoms. The molecule has 0 amide bonds. The van der Waals surface area contributed by atoms with Crippen molar-refractivity contribution >= 4 is 22.9 Å². The molecular formula is C17H31N3O3S. The maximum Gasteiger partial charge on any atom is 0.332 e. The smallest absolute Gasteiger partial charge is 0.332 e. The van der Waals surface area contributed by atoms with E-state index in [2.05, 4.69) is 29.1 Å². The number of carboxylic acid groups (broad SMARTS) is 1. The molecule has 2 rings (SSSR count). The molecule has 1 atom stereocenters. The van der Waals surface area contributed by atoms with Gasteiger partial charge in [-0.1, -0.05) is 11.8 Å². The Balaban J connectivity index is 1.61. The lowest BCUT2D eigenvalue weighted by molar-refractivity contribution is -0.152. The minimum Gasteiger partial charge on any atom is -0.479 e. The van der Waals surface area contributed by atoms with Gasteiger partial charge in [0.25, 0.3) is 0 Å². The third-order valence-electron chi connectivity index (χ3n) is 4.68. The summed E-state index contributed by atoms with van der Waals surface area (Å²) in [5.41, 5.74) is 0. The summed E-state index contributed by atoms with van der Waals surface area (Å²) < 4.78 is 5.74. The monoisotopic (exact) mass is 357 g/mol. The molecule has 0 aromatic rings. The summed E-state index contributed by atoms with van der Waals surface area (Å²) in [4.78, 5) is 18.2. The van der Waals surface area contributed by atoms with Gasteiger partial charge in [-0.15, -0.1) is 0 Å². The molecule has 0 aromatic heterocycles. The lowest BCUT2D eigenvalue weighted by Gasteiger charge is -2.34. The largest absolute Gasteiger partial charge is 0.479 e. The average Bonchev–Trinajstić information content (AvgIpc) is 3.07. The van der Waals surface area contributed by atoms with Gasteiger partial charge in [0.1, 0.15) is 0 Å². The molecule has 0 saturated carbocycles. The Morgan fingerprint density at radius 2 is 2.21 bits per heavy atom. The fraction of sp³-hybridized carbons (Fsp3) is 0.882. The number of ether oxygens (including phenoxy) is 1. The van der Waals surface area contributed by atoms with Gasteiger partial charge in [-0.05, 0) is 58.5 Å². The molecule has 7 heteroatoms. The van der Waals surface area contributed by atoms with Crippen LogP contribution in [0.3, 0.4) is 0 Å². The maximum absolute atomic E-state index is 11.4. The number of hydrogen-bond donors (Lipinski definition) is 2. The highest BCUT2D eigenvalue weighted by molar-refractivity contribution is 8.13. The highest BCUT2D eigenvalue weighted by Crippen LogP contribution is 2.20. The Labute approximate surface area is 149 Å². The van der Waals surface area contributed by atoms with Crippen LogP contribution in [-0.2, 0) is 9.53 Å². The minimum atomic E-state index is -0.837. The van der Waals surface area contributed by atoms with Crippen LogP contribution in [0.15, 0.2) is 4.99 Å². The molecule has 138 valence electrons. The number of amidine groups is 1. The lowest BCUT2D eigenvalue weighted by atomic mass is 9.97. The third kappa shape index (κ3) is 6.61. The first-order valence-electron chi connectivity index (χ1n) is 9.06. The van der Waals surface area contributed by atoms with E-state index in [0.717, 1.165) is 56.4 Å². The number of hydrogen-bond acceptors (Lipinski definition) is 6. The Kier molecular flexibility index (Phi) is 8.35. The topological polar surface area (TPSA) is 74.2 Å². The SMILES string of the molecule is CC(C)N1CCC(COC(CCCSC2=NCCN2)C(=O)O)CC1. The second-order valence-electron chi connectivity index (χ2n) is 6.84. The van der Waals surface area contributed by atoms with Crippen LogP contribution in [0.25, 0.3) is 0 Å². The van der Waals surface area contributed by atoms with Gasteiger partial charge in [-0.3, -0.25) is 4.99 Å². The fourth-order valence-electron chi connectivity index (χ4n) is 3.08. The van der Waals surface area contributed by atoms with Gasteiger partial charge in [0.05, 0.1) is 13.2 Å². The molecule has 2 aliphatic heterocycles. The Bertz CT molecular complexity index is 423. The van der Waals surface area contributed by atoms with E-state index < -0.39 is 12.1 Å². The van der Waals surface area contributed by atoms with Gasteiger partial charge >= 0.3 is 5.97 Å². The van der Waals surface area contributed by atoms with E-state index in [1.54, 1.807) is 11.8 Å². The molecule has 0 aromatic carbocycles. The molecule has 1 unspecified atom stereocenters. The predicted molar refractivity (Wildman–Crippen MR) is 98.8 cm³/mol. The number of nitrogens with zero attached hydrogens (tertiary/aromatic N) is 2. The van der Waals surface area contributed by atoms with Crippen molar-refractivity contribution in [1.29, 1.82) is 0 Å². The summed E-state index contributed by atoms with van der Waals surface area (Å²) in [5, 5.41) is 13.5. The molecule has 1 saturated heterocycles. The number of aliphatic imine (C=N–C) groups is 1. The zero-order valence-electron chi connectivity index (χ0n) is 14.9. The van der Waals surface area contributed by atoms with Gasteiger partial charge < -0.3 is 20.1 Å². The zero-order valence-corrected chi connectivity index (χ0v) is 15.7. The fourth-order valence-corrected chi connectivity index (χ4v) is 3.97. The van der Waals surface area contributed by atoms with E-state index in [-0.39, 0.29) is 0 Å². The van der Waals surface area contributed by atoms with Crippen molar-refractivity contribution in [2.24, 2.45) is 10.9 Å². The number of rotatable bonds is 9. The summed E-state index contributed by atoms with van der Waals surface area (Å²) in [6.45, 7) is 8.97. The first-order valence-corrected chi connectivity index (χ1v) is 10.0. The molecule has 0 bridgehead atoms. The second-order valence-corrected chi connectivity index (χ2v) is 7.92. The number of likely N-dealkylation sites (tertiary alicyclic amines) is 1. The van der Waals surface area contributed by atoms with Gasteiger partial charge in [-0.2, -0.15) is 0 Å². The molecule has 0 radical (unpaired) electrons. The third-order valence-corrected chi connectivity index (χ3v) is 5.72. The van der Waals surface area contributed by atoms with Gasteiger partial charge in [0, 0.05) is 18.3 Å². The van der Waals surface area contributed by atoms with Crippen LogP contribution >= 0.6 is 11.8 Å². The van der Waals surface area contributed by atoms with Crippen LogP contribution in [0.4, 0.5) is 0 Å². The molecule has 2 heterocycles. The molecule has 6 nitrogen and oxygen atoms in total. The van der Waals surface area contributed by atoms with Gasteiger partial charge in [0.2, 0.25) is 0 Å². The van der Waals surface area contributed by atoms with Crippen LogP contribution in [-0.4, -0.2) is 71.8 Å². The number of piperidine rings is 1. The van der Waals surface area contributed by atoms with Crippen molar-refractivity contribution in [2.75, 3.05) is 38.5 Å². The molecule has 2 N–H and O–H groups in total. The highest BCUT2D eigenvalue weighted by atomic mass is 32.2. The number of aliphatic carboxylic acids is 1. The van der Waals surface area contributed by atoms with Crippen molar-refractivity contribution in [3.8, 4) is 0 Å². The summed E-state index contributed by atoms with van der Waals surface area (Å²) in [6, 6.07) is 0.593. The molecule has 0 aliphatic carbocycles. The van der Waals surface area contributed by atoms with E-state index >= 15 is 0 Å². The van der Waals surface area contributed by atoms with E-state index in [1.165, 1.54) is 0 Å². The summed E-state index contributed by atoms with van der Waals surface area (Å²) in [7, 11) is 0.